The number of nitrogens with two attached hydrogens (primary N) is 1. The number of hydrogen-bond acceptors (Lipinski definition) is 3. The lowest BCUT2D eigenvalue weighted by molar-refractivity contribution is 0.153. The van der Waals surface area contributed by atoms with Crippen LogP contribution in [0.1, 0.15) is 26.2 Å². The van der Waals surface area contributed by atoms with Gasteiger partial charge in [-0.2, -0.15) is 0 Å². The van der Waals surface area contributed by atoms with Crippen molar-refractivity contribution in [2.24, 2.45) is 11.7 Å². The Balaban J connectivity index is 2.02. The molecule has 2 atom stereocenters. The molecular formula is C12H24N2O. The van der Waals surface area contributed by atoms with Crippen molar-refractivity contribution in [3.05, 3.63) is 12.2 Å². The van der Waals surface area contributed by atoms with E-state index in [1.165, 1.54) is 19.3 Å². The summed E-state index contributed by atoms with van der Waals surface area (Å²) in [6.07, 6.45) is 3.86. The van der Waals surface area contributed by atoms with E-state index in [2.05, 4.69) is 11.9 Å². The van der Waals surface area contributed by atoms with Gasteiger partial charge in [0.05, 0.1) is 13.2 Å². The topological polar surface area (TPSA) is 47.3 Å². The summed E-state index contributed by atoms with van der Waals surface area (Å²) in [5.41, 5.74) is 6.79. The SMILES string of the molecule is C=C(C)COCCNC1CCCC1CN. The van der Waals surface area contributed by atoms with E-state index in [1.807, 2.05) is 6.92 Å². The maximum atomic E-state index is 5.71. The second-order valence-electron chi connectivity index (χ2n) is 4.50. The molecule has 1 fully saturated rings. The molecule has 3 heteroatoms. The van der Waals surface area contributed by atoms with Gasteiger partial charge in [0.15, 0.2) is 0 Å². The minimum absolute atomic E-state index is 0.614. The van der Waals surface area contributed by atoms with Crippen molar-refractivity contribution in [2.45, 2.75) is 32.2 Å². The Labute approximate surface area is 93.1 Å². The van der Waals surface area contributed by atoms with Gasteiger partial charge in [-0.1, -0.05) is 18.6 Å². The zero-order valence-electron chi connectivity index (χ0n) is 9.80. The van der Waals surface area contributed by atoms with Crippen LogP contribution >= 0.6 is 0 Å². The lowest BCUT2D eigenvalue weighted by atomic mass is 10.0. The number of nitrogens with one attached hydrogen (secondary N) is 1. The average Bonchev–Trinajstić information content (AvgIpc) is 2.64. The third-order valence-electron chi connectivity index (χ3n) is 2.96. The molecule has 0 aliphatic heterocycles. The first-order valence-electron chi connectivity index (χ1n) is 5.89. The second-order valence-corrected chi connectivity index (χ2v) is 4.50. The summed E-state index contributed by atoms with van der Waals surface area (Å²) in [4.78, 5) is 0. The van der Waals surface area contributed by atoms with E-state index in [0.29, 0.717) is 18.6 Å². The molecule has 2 unspecified atom stereocenters. The summed E-state index contributed by atoms with van der Waals surface area (Å²) in [6, 6.07) is 0.614. The van der Waals surface area contributed by atoms with Crippen molar-refractivity contribution in [3.8, 4) is 0 Å². The second kappa shape index (κ2) is 6.99. The van der Waals surface area contributed by atoms with Gasteiger partial charge in [0, 0.05) is 12.6 Å². The first-order chi connectivity index (χ1) is 7.24. The lowest BCUT2D eigenvalue weighted by Crippen LogP contribution is -2.37. The van der Waals surface area contributed by atoms with Crippen LogP contribution in [0.5, 0.6) is 0 Å². The third kappa shape index (κ3) is 4.78. The Morgan fingerprint density at radius 3 is 3.00 bits per heavy atom. The standard InChI is InChI=1S/C12H24N2O/c1-10(2)9-15-7-6-14-12-5-3-4-11(12)8-13/h11-12,14H,1,3-9,13H2,2H3. The van der Waals surface area contributed by atoms with Crippen LogP contribution in [0.15, 0.2) is 12.2 Å². The highest BCUT2D eigenvalue weighted by Gasteiger charge is 2.24. The molecule has 0 aromatic heterocycles. The fourth-order valence-corrected chi connectivity index (χ4v) is 2.15. The summed E-state index contributed by atoms with van der Waals surface area (Å²) in [7, 11) is 0. The smallest absolute Gasteiger partial charge is 0.0672 e. The van der Waals surface area contributed by atoms with Gasteiger partial charge < -0.3 is 15.8 Å². The van der Waals surface area contributed by atoms with Gasteiger partial charge in [0.2, 0.25) is 0 Å². The summed E-state index contributed by atoms with van der Waals surface area (Å²) in [5, 5.41) is 3.52. The zero-order valence-corrected chi connectivity index (χ0v) is 9.80. The van der Waals surface area contributed by atoms with Gasteiger partial charge in [0.25, 0.3) is 0 Å². The molecule has 0 heterocycles. The van der Waals surface area contributed by atoms with Gasteiger partial charge in [-0.05, 0) is 32.2 Å². The maximum absolute atomic E-state index is 5.71. The van der Waals surface area contributed by atoms with Gasteiger partial charge in [0.1, 0.15) is 0 Å². The Bertz CT molecular complexity index is 194. The molecule has 0 saturated heterocycles. The van der Waals surface area contributed by atoms with Crippen LogP contribution in [0.2, 0.25) is 0 Å². The summed E-state index contributed by atoms with van der Waals surface area (Å²) in [6.45, 7) is 8.95. The summed E-state index contributed by atoms with van der Waals surface area (Å²) >= 11 is 0. The largest absolute Gasteiger partial charge is 0.376 e. The predicted molar refractivity (Wildman–Crippen MR) is 63.8 cm³/mol. The molecule has 3 N–H and O–H groups in total. The van der Waals surface area contributed by atoms with Crippen LogP contribution in [-0.4, -0.2) is 32.3 Å². The molecule has 15 heavy (non-hydrogen) atoms. The molecule has 0 amide bonds. The van der Waals surface area contributed by atoms with Gasteiger partial charge in [-0.25, -0.2) is 0 Å². The molecule has 1 saturated carbocycles. The van der Waals surface area contributed by atoms with E-state index in [-0.39, 0.29) is 0 Å². The Kier molecular flexibility index (Phi) is 5.91. The van der Waals surface area contributed by atoms with E-state index in [4.69, 9.17) is 10.5 Å². The fourth-order valence-electron chi connectivity index (χ4n) is 2.15. The molecule has 0 bridgehead atoms. The first kappa shape index (κ1) is 12.7. The van der Waals surface area contributed by atoms with E-state index < -0.39 is 0 Å². The van der Waals surface area contributed by atoms with Crippen LogP contribution in [-0.2, 0) is 4.74 Å². The quantitative estimate of drug-likeness (QED) is 0.494. The highest BCUT2D eigenvalue weighted by molar-refractivity contribution is 4.87. The van der Waals surface area contributed by atoms with Gasteiger partial charge in [-0.15, -0.1) is 0 Å². The van der Waals surface area contributed by atoms with E-state index >= 15 is 0 Å². The summed E-state index contributed by atoms with van der Waals surface area (Å²) < 4.78 is 5.43. The maximum Gasteiger partial charge on any atom is 0.0672 e. The number of hydrogen-bond donors (Lipinski definition) is 2. The minimum atomic E-state index is 0.614. The molecule has 1 aliphatic carbocycles. The summed E-state index contributed by atoms with van der Waals surface area (Å²) in [5.74, 6) is 0.672. The van der Waals surface area contributed by atoms with Crippen LogP contribution < -0.4 is 11.1 Å². The average molecular weight is 212 g/mol. The van der Waals surface area contributed by atoms with Gasteiger partial charge in [-0.3, -0.25) is 0 Å². The monoisotopic (exact) mass is 212 g/mol. The van der Waals surface area contributed by atoms with Crippen LogP contribution in [0.3, 0.4) is 0 Å². The van der Waals surface area contributed by atoms with Crippen molar-refractivity contribution in [1.29, 1.82) is 0 Å². The Morgan fingerprint density at radius 2 is 2.33 bits per heavy atom. The third-order valence-corrected chi connectivity index (χ3v) is 2.96. The van der Waals surface area contributed by atoms with Crippen LogP contribution in [0, 0.1) is 5.92 Å². The number of rotatable bonds is 7. The van der Waals surface area contributed by atoms with Crippen molar-refractivity contribution in [3.63, 3.8) is 0 Å². The molecule has 0 aromatic rings. The molecule has 0 radical (unpaired) electrons. The van der Waals surface area contributed by atoms with Crippen molar-refractivity contribution < 1.29 is 4.74 Å². The van der Waals surface area contributed by atoms with Gasteiger partial charge >= 0.3 is 0 Å². The van der Waals surface area contributed by atoms with E-state index in [0.717, 1.165) is 25.3 Å². The van der Waals surface area contributed by atoms with Crippen molar-refractivity contribution >= 4 is 0 Å². The van der Waals surface area contributed by atoms with Crippen molar-refractivity contribution in [2.75, 3.05) is 26.3 Å². The molecule has 1 rings (SSSR count). The molecule has 0 spiro atoms. The molecule has 88 valence electrons. The zero-order chi connectivity index (χ0) is 11.1. The highest BCUT2D eigenvalue weighted by Crippen LogP contribution is 2.24. The molecule has 3 nitrogen and oxygen atoms in total. The first-order valence-corrected chi connectivity index (χ1v) is 5.89. The number of ether oxygens (including phenoxy) is 1. The Morgan fingerprint density at radius 1 is 1.53 bits per heavy atom. The normalized spacial score (nSPS) is 25.7. The predicted octanol–water partition coefficient (Wildman–Crippen LogP) is 1.30. The molecule has 0 aromatic carbocycles. The molecular weight excluding hydrogens is 188 g/mol. The lowest BCUT2D eigenvalue weighted by Gasteiger charge is -2.19. The highest BCUT2D eigenvalue weighted by atomic mass is 16.5. The molecule has 1 aliphatic rings. The Hall–Kier alpha value is -0.380. The van der Waals surface area contributed by atoms with E-state index in [1.54, 1.807) is 0 Å². The minimum Gasteiger partial charge on any atom is -0.376 e. The van der Waals surface area contributed by atoms with Crippen LogP contribution in [0.4, 0.5) is 0 Å². The van der Waals surface area contributed by atoms with Crippen LogP contribution in [0.25, 0.3) is 0 Å². The fraction of sp³-hybridized carbons (Fsp3) is 0.833. The van der Waals surface area contributed by atoms with Crippen molar-refractivity contribution in [1.82, 2.24) is 5.32 Å². The van der Waals surface area contributed by atoms with E-state index in [9.17, 15) is 0 Å².